The molecule has 0 aliphatic heterocycles. The smallest absolute Gasteiger partial charge is 0.264 e. The second-order valence-electron chi connectivity index (χ2n) is 11.0. The average molecular weight is 632 g/mol. The van der Waals surface area contributed by atoms with Gasteiger partial charge in [-0.3, -0.25) is 13.9 Å². The summed E-state index contributed by atoms with van der Waals surface area (Å²) in [5, 5.41) is 2.91. The Morgan fingerprint density at radius 2 is 1.47 bits per heavy atom. The molecule has 4 aromatic carbocycles. The number of anilines is 1. The van der Waals surface area contributed by atoms with Gasteiger partial charge in [-0.1, -0.05) is 60.2 Å². The highest BCUT2D eigenvalue weighted by molar-refractivity contribution is 7.92. The lowest BCUT2D eigenvalue weighted by Crippen LogP contribution is -2.54. The number of hydrogen-bond donors (Lipinski definition) is 1. The van der Waals surface area contributed by atoms with Crippen LogP contribution in [0.15, 0.2) is 108 Å². The summed E-state index contributed by atoms with van der Waals surface area (Å²) < 4.78 is 48.3. The van der Waals surface area contributed by atoms with Gasteiger partial charge in [-0.15, -0.1) is 0 Å². The minimum Gasteiger partial charge on any atom is -0.497 e. The molecule has 0 spiro atoms. The van der Waals surface area contributed by atoms with Gasteiger partial charge < -0.3 is 15.0 Å². The van der Waals surface area contributed by atoms with Crippen molar-refractivity contribution in [2.75, 3.05) is 18.0 Å². The number of aryl methyl sites for hydroxylation is 1. The van der Waals surface area contributed by atoms with Gasteiger partial charge in [0.1, 0.15) is 24.2 Å². The molecule has 0 aliphatic carbocycles. The van der Waals surface area contributed by atoms with E-state index in [9.17, 15) is 22.4 Å². The van der Waals surface area contributed by atoms with Crippen LogP contribution >= 0.6 is 0 Å². The van der Waals surface area contributed by atoms with Crippen LogP contribution < -0.4 is 14.4 Å². The molecule has 1 atom stereocenters. The van der Waals surface area contributed by atoms with Crippen molar-refractivity contribution in [3.63, 3.8) is 0 Å². The van der Waals surface area contributed by atoms with Crippen molar-refractivity contribution in [2.24, 2.45) is 0 Å². The number of nitrogens with one attached hydrogen (secondary N) is 1. The summed E-state index contributed by atoms with van der Waals surface area (Å²) in [6.07, 6.45) is 0.180. The van der Waals surface area contributed by atoms with Gasteiger partial charge in [0.2, 0.25) is 11.8 Å². The zero-order chi connectivity index (χ0) is 32.6. The number of hydrogen-bond acceptors (Lipinski definition) is 5. The average Bonchev–Trinajstić information content (AvgIpc) is 3.02. The molecule has 0 fully saturated rings. The van der Waals surface area contributed by atoms with Crippen LogP contribution in [0.3, 0.4) is 0 Å². The molecule has 0 saturated carbocycles. The third kappa shape index (κ3) is 8.69. The molecule has 10 heteroatoms. The van der Waals surface area contributed by atoms with Crippen molar-refractivity contribution in [1.82, 2.24) is 10.2 Å². The summed E-state index contributed by atoms with van der Waals surface area (Å²) in [5.74, 6) is -0.916. The fourth-order valence-corrected chi connectivity index (χ4v) is 6.25. The number of sulfonamides is 1. The second-order valence-corrected chi connectivity index (χ2v) is 12.9. The van der Waals surface area contributed by atoms with Gasteiger partial charge in [-0.25, -0.2) is 12.8 Å². The fraction of sp³-hybridized carbons (Fsp3) is 0.257. The maximum atomic E-state index is 14.4. The van der Waals surface area contributed by atoms with E-state index in [0.29, 0.717) is 11.3 Å². The van der Waals surface area contributed by atoms with E-state index in [1.807, 2.05) is 51.1 Å². The molecule has 0 unspecified atom stereocenters. The SMILES string of the molecule is COc1ccc(N(CC(=O)N(Cc2ccc(F)cc2)[C@@H](Cc2ccccc2)C(=O)NC(C)C)S(=O)(=O)c2ccc(C)cc2)cc1. The van der Waals surface area contributed by atoms with Crippen molar-refractivity contribution < 1.29 is 27.1 Å². The number of halogens is 1. The standard InChI is InChI=1S/C35H38FN3O5S/c1-25(2)37-35(41)33(22-27-8-6-5-7-9-27)38(23-28-12-14-29(36)15-13-28)34(40)24-39(30-16-18-31(44-4)19-17-30)45(42,43)32-20-10-26(3)11-21-32/h5-21,25,33H,22-24H2,1-4H3,(H,37,41)/t33-/m0/s1. The highest BCUT2D eigenvalue weighted by atomic mass is 32.2. The Hall–Kier alpha value is -4.70. The Bertz CT molecular complexity index is 1680. The number of amides is 2. The number of ether oxygens (including phenoxy) is 1. The monoisotopic (exact) mass is 631 g/mol. The molecule has 0 heterocycles. The topological polar surface area (TPSA) is 96.0 Å². The van der Waals surface area contributed by atoms with Crippen molar-refractivity contribution in [2.45, 2.75) is 50.7 Å². The summed E-state index contributed by atoms with van der Waals surface area (Å²) >= 11 is 0. The summed E-state index contributed by atoms with van der Waals surface area (Å²) in [5.41, 5.74) is 2.53. The third-order valence-corrected chi connectivity index (χ3v) is 9.00. The minimum absolute atomic E-state index is 0.0141. The lowest BCUT2D eigenvalue weighted by atomic mass is 10.0. The Kier molecular flexibility index (Phi) is 11.0. The molecule has 0 bridgehead atoms. The fourth-order valence-electron chi connectivity index (χ4n) is 4.84. The molecule has 1 N–H and O–H groups in total. The maximum absolute atomic E-state index is 14.4. The molecular weight excluding hydrogens is 593 g/mol. The molecule has 4 rings (SSSR count). The summed E-state index contributed by atoms with van der Waals surface area (Å²) in [6.45, 7) is 4.85. The van der Waals surface area contributed by atoms with E-state index >= 15 is 0 Å². The van der Waals surface area contributed by atoms with Crippen molar-refractivity contribution in [1.29, 1.82) is 0 Å². The predicted octanol–water partition coefficient (Wildman–Crippen LogP) is 5.50. The normalized spacial score (nSPS) is 12.0. The van der Waals surface area contributed by atoms with Crippen LogP contribution in [0.1, 0.15) is 30.5 Å². The molecular formula is C35H38FN3O5S. The second kappa shape index (κ2) is 14.9. The highest BCUT2D eigenvalue weighted by Gasteiger charge is 2.34. The van der Waals surface area contributed by atoms with Crippen LogP contribution in [0.25, 0.3) is 0 Å². The van der Waals surface area contributed by atoms with Crippen molar-refractivity contribution >= 4 is 27.5 Å². The first-order chi connectivity index (χ1) is 21.5. The predicted molar refractivity (Wildman–Crippen MR) is 173 cm³/mol. The number of nitrogens with zero attached hydrogens (tertiary/aromatic N) is 2. The van der Waals surface area contributed by atoms with Crippen molar-refractivity contribution in [3.05, 3.63) is 126 Å². The van der Waals surface area contributed by atoms with E-state index in [1.165, 1.54) is 36.3 Å². The van der Waals surface area contributed by atoms with E-state index in [-0.39, 0.29) is 35.5 Å². The highest BCUT2D eigenvalue weighted by Crippen LogP contribution is 2.27. The Morgan fingerprint density at radius 3 is 2.04 bits per heavy atom. The van der Waals surface area contributed by atoms with Gasteiger partial charge >= 0.3 is 0 Å². The van der Waals surface area contributed by atoms with Crippen LogP contribution in [0.2, 0.25) is 0 Å². The summed E-state index contributed by atoms with van der Waals surface area (Å²) in [4.78, 5) is 29.5. The molecule has 0 aromatic heterocycles. The number of methoxy groups -OCH3 is 1. The molecule has 0 aliphatic rings. The maximum Gasteiger partial charge on any atom is 0.264 e. The first-order valence-corrected chi connectivity index (χ1v) is 16.0. The van der Waals surface area contributed by atoms with Gasteiger partial charge in [0, 0.05) is 19.0 Å². The number of carbonyl (C=O) groups excluding carboxylic acids is 2. The van der Waals surface area contributed by atoms with Crippen LogP contribution in [-0.4, -0.2) is 50.9 Å². The van der Waals surface area contributed by atoms with Gasteiger partial charge in [-0.2, -0.15) is 0 Å². The quantitative estimate of drug-likeness (QED) is 0.210. The summed E-state index contributed by atoms with van der Waals surface area (Å²) in [6, 6.07) is 26.4. The van der Waals surface area contributed by atoms with E-state index < -0.39 is 34.3 Å². The molecule has 8 nitrogen and oxygen atoms in total. The minimum atomic E-state index is -4.23. The van der Waals surface area contributed by atoms with Gasteiger partial charge in [0.15, 0.2) is 0 Å². The number of rotatable bonds is 13. The molecule has 0 saturated heterocycles. The first kappa shape index (κ1) is 33.2. The number of benzene rings is 4. The Labute approximate surface area is 264 Å². The Balaban J connectivity index is 1.80. The summed E-state index contributed by atoms with van der Waals surface area (Å²) in [7, 11) is -2.72. The van der Waals surface area contributed by atoms with E-state index in [2.05, 4.69) is 5.32 Å². The molecule has 45 heavy (non-hydrogen) atoms. The zero-order valence-electron chi connectivity index (χ0n) is 25.8. The lowest BCUT2D eigenvalue weighted by Gasteiger charge is -2.34. The van der Waals surface area contributed by atoms with E-state index in [0.717, 1.165) is 15.4 Å². The van der Waals surface area contributed by atoms with Crippen LogP contribution in [-0.2, 0) is 32.6 Å². The Morgan fingerprint density at radius 1 is 0.844 bits per heavy atom. The van der Waals surface area contributed by atoms with Crippen molar-refractivity contribution in [3.8, 4) is 5.75 Å². The van der Waals surface area contributed by atoms with Crippen LogP contribution in [0.4, 0.5) is 10.1 Å². The van der Waals surface area contributed by atoms with Gasteiger partial charge in [0.25, 0.3) is 10.0 Å². The molecule has 236 valence electrons. The zero-order valence-corrected chi connectivity index (χ0v) is 26.6. The van der Waals surface area contributed by atoms with Crippen LogP contribution in [0, 0.1) is 12.7 Å². The van der Waals surface area contributed by atoms with E-state index in [4.69, 9.17) is 4.74 Å². The molecule has 0 radical (unpaired) electrons. The third-order valence-electron chi connectivity index (χ3n) is 7.22. The first-order valence-electron chi connectivity index (χ1n) is 14.6. The molecule has 2 amide bonds. The molecule has 4 aromatic rings. The van der Waals surface area contributed by atoms with Gasteiger partial charge in [-0.05, 0) is 80.4 Å². The van der Waals surface area contributed by atoms with Gasteiger partial charge in [0.05, 0.1) is 17.7 Å². The van der Waals surface area contributed by atoms with E-state index in [1.54, 1.807) is 48.5 Å². The number of carbonyl (C=O) groups is 2. The van der Waals surface area contributed by atoms with Crippen LogP contribution in [0.5, 0.6) is 5.75 Å². The largest absolute Gasteiger partial charge is 0.497 e. The lowest BCUT2D eigenvalue weighted by molar-refractivity contribution is -0.140.